The second-order valence-corrected chi connectivity index (χ2v) is 6.23. The SMILES string of the molecule is CCCC#CC(O)(/C(=C/CCC)C(=O)c1ccccc1)c1ccccc1. The lowest BCUT2D eigenvalue weighted by Gasteiger charge is -2.26. The van der Waals surface area contributed by atoms with Gasteiger partial charge < -0.3 is 5.11 Å². The van der Waals surface area contributed by atoms with Crippen molar-refractivity contribution in [3.8, 4) is 11.8 Å². The van der Waals surface area contributed by atoms with Crippen LogP contribution in [0.3, 0.4) is 0 Å². The first kappa shape index (κ1) is 19.7. The van der Waals surface area contributed by atoms with E-state index in [-0.39, 0.29) is 5.78 Å². The van der Waals surface area contributed by atoms with E-state index < -0.39 is 5.60 Å². The summed E-state index contributed by atoms with van der Waals surface area (Å²) in [5.74, 6) is 5.85. The first-order chi connectivity index (χ1) is 12.6. The molecule has 0 amide bonds. The van der Waals surface area contributed by atoms with Gasteiger partial charge in [-0.2, -0.15) is 0 Å². The maximum absolute atomic E-state index is 13.2. The minimum atomic E-state index is -1.61. The Hall–Kier alpha value is -2.63. The maximum Gasteiger partial charge on any atom is 0.192 e. The van der Waals surface area contributed by atoms with Crippen LogP contribution < -0.4 is 0 Å². The highest BCUT2D eigenvalue weighted by molar-refractivity contribution is 6.10. The predicted molar refractivity (Wildman–Crippen MR) is 107 cm³/mol. The average molecular weight is 346 g/mol. The van der Waals surface area contributed by atoms with Crippen molar-refractivity contribution in [2.45, 2.75) is 45.1 Å². The normalized spacial score (nSPS) is 13.4. The summed E-state index contributed by atoms with van der Waals surface area (Å²) in [6.45, 7) is 4.09. The van der Waals surface area contributed by atoms with Gasteiger partial charge in [0.1, 0.15) is 0 Å². The first-order valence-corrected chi connectivity index (χ1v) is 9.21. The number of ketones is 1. The van der Waals surface area contributed by atoms with Gasteiger partial charge in [-0.15, -0.1) is 0 Å². The number of benzene rings is 2. The van der Waals surface area contributed by atoms with Crippen LogP contribution in [0.5, 0.6) is 0 Å². The van der Waals surface area contributed by atoms with Crippen molar-refractivity contribution in [1.29, 1.82) is 0 Å². The summed E-state index contributed by atoms with van der Waals surface area (Å²) in [6.07, 6.45) is 5.01. The second-order valence-electron chi connectivity index (χ2n) is 6.23. The Bertz CT molecular complexity index is 794. The molecule has 0 radical (unpaired) electrons. The summed E-state index contributed by atoms with van der Waals surface area (Å²) in [5.41, 5.74) is -0.101. The topological polar surface area (TPSA) is 37.3 Å². The quantitative estimate of drug-likeness (QED) is 0.420. The van der Waals surface area contributed by atoms with E-state index in [4.69, 9.17) is 0 Å². The smallest absolute Gasteiger partial charge is 0.192 e. The van der Waals surface area contributed by atoms with Gasteiger partial charge in [0.25, 0.3) is 0 Å². The minimum absolute atomic E-state index is 0.184. The van der Waals surface area contributed by atoms with Crippen LogP contribution in [0, 0.1) is 11.8 Å². The van der Waals surface area contributed by atoms with E-state index in [1.807, 2.05) is 68.5 Å². The molecule has 0 aliphatic rings. The molecule has 1 N–H and O–H groups in total. The zero-order chi connectivity index (χ0) is 18.8. The lowest BCUT2D eigenvalue weighted by Crippen LogP contribution is -2.31. The zero-order valence-electron chi connectivity index (χ0n) is 15.5. The third-order valence-corrected chi connectivity index (χ3v) is 4.14. The van der Waals surface area contributed by atoms with E-state index >= 15 is 0 Å². The molecule has 2 rings (SSSR count). The van der Waals surface area contributed by atoms with Crippen LogP contribution in [-0.4, -0.2) is 10.9 Å². The molecule has 2 aromatic rings. The molecule has 0 saturated heterocycles. The van der Waals surface area contributed by atoms with Crippen LogP contribution in [0.25, 0.3) is 0 Å². The lowest BCUT2D eigenvalue weighted by atomic mass is 9.81. The molecule has 0 heterocycles. The van der Waals surface area contributed by atoms with E-state index in [1.54, 1.807) is 12.1 Å². The van der Waals surface area contributed by atoms with Crippen LogP contribution in [-0.2, 0) is 5.60 Å². The second kappa shape index (κ2) is 9.75. The zero-order valence-corrected chi connectivity index (χ0v) is 15.5. The molecule has 0 aromatic heterocycles. The number of Topliss-reactive ketones (excluding diaryl/α,β-unsaturated/α-hetero) is 1. The Morgan fingerprint density at radius 2 is 1.62 bits per heavy atom. The number of carbonyl (C=O) groups excluding carboxylic acids is 1. The molecule has 0 aliphatic carbocycles. The fourth-order valence-corrected chi connectivity index (χ4v) is 2.73. The molecule has 1 unspecified atom stereocenters. The highest BCUT2D eigenvalue weighted by Gasteiger charge is 2.36. The van der Waals surface area contributed by atoms with E-state index in [9.17, 15) is 9.90 Å². The van der Waals surface area contributed by atoms with Crippen molar-refractivity contribution >= 4 is 5.78 Å². The van der Waals surface area contributed by atoms with Crippen LogP contribution in [0.15, 0.2) is 72.3 Å². The van der Waals surface area contributed by atoms with Crippen molar-refractivity contribution in [3.63, 3.8) is 0 Å². The van der Waals surface area contributed by atoms with E-state index in [0.717, 1.165) is 12.8 Å². The van der Waals surface area contributed by atoms with Gasteiger partial charge in [0, 0.05) is 23.1 Å². The maximum atomic E-state index is 13.2. The third-order valence-electron chi connectivity index (χ3n) is 4.14. The monoisotopic (exact) mass is 346 g/mol. The number of aliphatic hydroxyl groups is 1. The number of rotatable bonds is 7. The van der Waals surface area contributed by atoms with Crippen molar-refractivity contribution in [1.82, 2.24) is 0 Å². The predicted octanol–water partition coefficient (Wildman–Crippen LogP) is 5.29. The summed E-state index contributed by atoms with van der Waals surface area (Å²) < 4.78 is 0. The number of allylic oxidation sites excluding steroid dienone is 1. The molecule has 1 atom stereocenters. The molecule has 2 aromatic carbocycles. The standard InChI is InChI=1S/C24H26O2/c1-3-5-13-19-24(26,21-16-11-8-12-17-21)22(18-6-4-2)23(25)20-14-9-7-10-15-20/h7-12,14-18,26H,3-6H2,1-2H3/b22-18+. The molecule has 0 spiro atoms. The van der Waals surface area contributed by atoms with E-state index in [2.05, 4.69) is 11.8 Å². The van der Waals surface area contributed by atoms with Gasteiger partial charge in [0.15, 0.2) is 11.4 Å². The molecule has 0 aliphatic heterocycles. The number of hydrogen-bond acceptors (Lipinski definition) is 2. The van der Waals surface area contributed by atoms with Gasteiger partial charge in [0.2, 0.25) is 0 Å². The molecule has 2 heteroatoms. The van der Waals surface area contributed by atoms with Crippen LogP contribution >= 0.6 is 0 Å². The van der Waals surface area contributed by atoms with Gasteiger partial charge in [0.05, 0.1) is 0 Å². The molecule has 0 saturated carbocycles. The van der Waals surface area contributed by atoms with Gasteiger partial charge >= 0.3 is 0 Å². The van der Waals surface area contributed by atoms with Crippen LogP contribution in [0.2, 0.25) is 0 Å². The Kier molecular flexibility index (Phi) is 7.38. The van der Waals surface area contributed by atoms with E-state index in [1.165, 1.54) is 0 Å². The first-order valence-electron chi connectivity index (χ1n) is 9.21. The number of carbonyl (C=O) groups is 1. The van der Waals surface area contributed by atoms with Gasteiger partial charge in [-0.3, -0.25) is 4.79 Å². The fourth-order valence-electron chi connectivity index (χ4n) is 2.73. The molecule has 2 nitrogen and oxygen atoms in total. The Balaban J connectivity index is 2.59. The highest BCUT2D eigenvalue weighted by Crippen LogP contribution is 2.32. The number of hydrogen-bond donors (Lipinski definition) is 1. The Labute approximate surface area is 156 Å². The fraction of sp³-hybridized carbons (Fsp3) is 0.292. The summed E-state index contributed by atoms with van der Waals surface area (Å²) >= 11 is 0. The number of unbranched alkanes of at least 4 members (excludes halogenated alkanes) is 2. The molecule has 134 valence electrons. The molecule has 0 bridgehead atoms. The van der Waals surface area contributed by atoms with Crippen molar-refractivity contribution in [3.05, 3.63) is 83.4 Å². The molecule has 26 heavy (non-hydrogen) atoms. The summed E-state index contributed by atoms with van der Waals surface area (Å²) in [6, 6.07) is 18.3. The van der Waals surface area contributed by atoms with Crippen molar-refractivity contribution in [2.24, 2.45) is 0 Å². The molecule has 0 fully saturated rings. The van der Waals surface area contributed by atoms with Gasteiger partial charge in [-0.25, -0.2) is 0 Å². The highest BCUT2D eigenvalue weighted by atomic mass is 16.3. The van der Waals surface area contributed by atoms with Crippen molar-refractivity contribution in [2.75, 3.05) is 0 Å². The average Bonchev–Trinajstić information content (AvgIpc) is 2.69. The molecular weight excluding hydrogens is 320 g/mol. The van der Waals surface area contributed by atoms with Gasteiger partial charge in [-0.1, -0.05) is 98.8 Å². The van der Waals surface area contributed by atoms with Crippen LogP contribution in [0.4, 0.5) is 0 Å². The Morgan fingerprint density at radius 3 is 2.19 bits per heavy atom. The van der Waals surface area contributed by atoms with Gasteiger partial charge in [-0.05, 0) is 12.8 Å². The summed E-state index contributed by atoms with van der Waals surface area (Å²) in [4.78, 5) is 13.2. The largest absolute Gasteiger partial charge is 0.369 e. The third kappa shape index (κ3) is 4.71. The lowest BCUT2D eigenvalue weighted by molar-refractivity contribution is 0.0913. The summed E-state index contributed by atoms with van der Waals surface area (Å²) in [5, 5.41) is 11.6. The summed E-state index contributed by atoms with van der Waals surface area (Å²) in [7, 11) is 0. The van der Waals surface area contributed by atoms with E-state index in [0.29, 0.717) is 29.5 Å². The van der Waals surface area contributed by atoms with Crippen molar-refractivity contribution < 1.29 is 9.90 Å². The van der Waals surface area contributed by atoms with Crippen LogP contribution in [0.1, 0.15) is 55.5 Å². The minimum Gasteiger partial charge on any atom is -0.369 e. The molecular formula is C24H26O2. The Morgan fingerprint density at radius 1 is 1.00 bits per heavy atom.